The topological polar surface area (TPSA) is 37.9 Å². The summed E-state index contributed by atoms with van der Waals surface area (Å²) in [7, 11) is 1.58. The van der Waals surface area contributed by atoms with Gasteiger partial charge in [0.15, 0.2) is 0 Å². The molecule has 0 saturated carbocycles. The summed E-state index contributed by atoms with van der Waals surface area (Å²) < 4.78 is 5.75. The first kappa shape index (κ1) is 11.1. The molecule has 2 rings (SSSR count). The van der Waals surface area contributed by atoms with E-state index < -0.39 is 0 Å². The summed E-state index contributed by atoms with van der Waals surface area (Å²) in [5, 5.41) is 0.523. The van der Waals surface area contributed by atoms with E-state index in [0.717, 1.165) is 5.56 Å². The van der Waals surface area contributed by atoms with E-state index in [-0.39, 0.29) is 0 Å². The maximum absolute atomic E-state index is 6.18. The number of aromatic amines is 1. The SMILES string of the molecule is COc1cccc(-c2nccc(=S)[nH]2)c1Cl. The molecule has 5 heteroatoms. The molecule has 0 aliphatic heterocycles. The molecule has 3 nitrogen and oxygen atoms in total. The molecule has 0 fully saturated rings. The number of H-pyrrole nitrogens is 1. The average Bonchev–Trinajstić information content (AvgIpc) is 2.29. The molecule has 1 aromatic carbocycles. The highest BCUT2D eigenvalue weighted by atomic mass is 35.5. The van der Waals surface area contributed by atoms with Gasteiger partial charge in [-0.1, -0.05) is 29.9 Å². The Morgan fingerprint density at radius 3 is 2.88 bits per heavy atom. The van der Waals surface area contributed by atoms with Gasteiger partial charge in [-0.3, -0.25) is 0 Å². The molecule has 2 aromatic rings. The van der Waals surface area contributed by atoms with Gasteiger partial charge in [0.25, 0.3) is 0 Å². The molecular weight excluding hydrogens is 244 g/mol. The summed E-state index contributed by atoms with van der Waals surface area (Å²) in [6.45, 7) is 0. The first-order chi connectivity index (χ1) is 7.72. The van der Waals surface area contributed by atoms with Crippen molar-refractivity contribution < 1.29 is 4.74 Å². The van der Waals surface area contributed by atoms with E-state index in [1.807, 2.05) is 12.1 Å². The lowest BCUT2D eigenvalue weighted by Crippen LogP contribution is -1.91. The van der Waals surface area contributed by atoms with Crippen molar-refractivity contribution in [2.75, 3.05) is 7.11 Å². The molecule has 0 unspecified atom stereocenters. The third kappa shape index (κ3) is 2.08. The van der Waals surface area contributed by atoms with Crippen LogP contribution in [0.5, 0.6) is 5.75 Å². The number of halogens is 1. The molecule has 0 atom stereocenters. The monoisotopic (exact) mass is 252 g/mol. The molecule has 1 N–H and O–H groups in total. The molecule has 1 aromatic heterocycles. The smallest absolute Gasteiger partial charge is 0.139 e. The summed E-state index contributed by atoms with van der Waals surface area (Å²) in [5.74, 6) is 1.25. The maximum atomic E-state index is 6.18. The van der Waals surface area contributed by atoms with E-state index in [4.69, 9.17) is 28.6 Å². The Kier molecular flexibility index (Phi) is 3.22. The Morgan fingerprint density at radius 1 is 1.38 bits per heavy atom. The van der Waals surface area contributed by atoms with Crippen molar-refractivity contribution in [1.29, 1.82) is 0 Å². The van der Waals surface area contributed by atoms with E-state index in [2.05, 4.69) is 9.97 Å². The fourth-order valence-corrected chi connectivity index (χ4v) is 1.81. The third-order valence-corrected chi connectivity index (χ3v) is 2.74. The Labute approximate surface area is 103 Å². The van der Waals surface area contributed by atoms with Crippen molar-refractivity contribution in [3.63, 3.8) is 0 Å². The second-order valence-corrected chi connectivity index (χ2v) is 3.92. The summed E-state index contributed by atoms with van der Waals surface area (Å²) in [5.41, 5.74) is 0.771. The van der Waals surface area contributed by atoms with Crippen LogP contribution >= 0.6 is 23.8 Å². The molecule has 0 spiro atoms. The molecular formula is C11H9ClN2OS. The second kappa shape index (κ2) is 4.63. The maximum Gasteiger partial charge on any atom is 0.139 e. The Balaban J connectivity index is 2.60. The Hall–Kier alpha value is -1.39. The number of nitrogens with zero attached hydrogens (tertiary/aromatic N) is 1. The Morgan fingerprint density at radius 2 is 2.19 bits per heavy atom. The number of benzene rings is 1. The van der Waals surface area contributed by atoms with Crippen LogP contribution in [0.15, 0.2) is 30.5 Å². The van der Waals surface area contributed by atoms with Crippen LogP contribution in [-0.2, 0) is 0 Å². The van der Waals surface area contributed by atoms with Gasteiger partial charge in [0, 0.05) is 11.8 Å². The summed E-state index contributed by atoms with van der Waals surface area (Å²) in [6, 6.07) is 7.22. The van der Waals surface area contributed by atoms with Gasteiger partial charge in [-0.2, -0.15) is 0 Å². The van der Waals surface area contributed by atoms with Crippen molar-refractivity contribution in [2.24, 2.45) is 0 Å². The minimum absolute atomic E-state index is 0.523. The van der Waals surface area contributed by atoms with Crippen LogP contribution in [0.1, 0.15) is 0 Å². The van der Waals surface area contributed by atoms with Crippen LogP contribution in [0.2, 0.25) is 5.02 Å². The van der Waals surface area contributed by atoms with Crippen LogP contribution in [-0.4, -0.2) is 17.1 Å². The fraction of sp³-hybridized carbons (Fsp3) is 0.0909. The lowest BCUT2D eigenvalue weighted by molar-refractivity contribution is 0.415. The number of hydrogen-bond donors (Lipinski definition) is 1. The number of aromatic nitrogens is 2. The Bertz CT molecular complexity index is 568. The molecule has 16 heavy (non-hydrogen) atoms. The molecule has 0 amide bonds. The van der Waals surface area contributed by atoms with E-state index >= 15 is 0 Å². The number of ether oxygens (including phenoxy) is 1. The standard InChI is InChI=1S/C11H9ClN2OS/c1-15-8-4-2-3-7(10(8)12)11-13-6-5-9(16)14-11/h2-6H,1H3,(H,13,14,16). The van der Waals surface area contributed by atoms with Gasteiger partial charge in [-0.25, -0.2) is 4.98 Å². The van der Waals surface area contributed by atoms with Crippen molar-refractivity contribution >= 4 is 23.8 Å². The zero-order valence-corrected chi connectivity index (χ0v) is 10.1. The molecule has 0 aliphatic rings. The van der Waals surface area contributed by atoms with Gasteiger partial charge < -0.3 is 9.72 Å². The van der Waals surface area contributed by atoms with Crippen molar-refractivity contribution in [3.8, 4) is 17.1 Å². The summed E-state index contributed by atoms with van der Waals surface area (Å²) in [6.07, 6.45) is 1.64. The van der Waals surface area contributed by atoms with Gasteiger partial charge in [-0.15, -0.1) is 0 Å². The highest BCUT2D eigenvalue weighted by molar-refractivity contribution is 7.71. The van der Waals surface area contributed by atoms with Crippen LogP contribution in [0.4, 0.5) is 0 Å². The fourth-order valence-electron chi connectivity index (χ4n) is 1.36. The van der Waals surface area contributed by atoms with E-state index in [0.29, 0.717) is 21.2 Å². The summed E-state index contributed by atoms with van der Waals surface area (Å²) in [4.78, 5) is 7.16. The quantitative estimate of drug-likeness (QED) is 0.832. The third-order valence-electron chi connectivity index (χ3n) is 2.11. The van der Waals surface area contributed by atoms with Gasteiger partial charge >= 0.3 is 0 Å². The minimum Gasteiger partial charge on any atom is -0.495 e. The van der Waals surface area contributed by atoms with Crippen LogP contribution < -0.4 is 4.74 Å². The largest absolute Gasteiger partial charge is 0.495 e. The van der Waals surface area contributed by atoms with Crippen molar-refractivity contribution in [1.82, 2.24) is 9.97 Å². The minimum atomic E-state index is 0.523. The molecule has 0 radical (unpaired) electrons. The van der Waals surface area contributed by atoms with E-state index in [1.165, 1.54) is 0 Å². The average molecular weight is 253 g/mol. The van der Waals surface area contributed by atoms with Crippen LogP contribution in [0, 0.1) is 4.64 Å². The second-order valence-electron chi connectivity index (χ2n) is 3.10. The number of rotatable bonds is 2. The molecule has 82 valence electrons. The van der Waals surface area contributed by atoms with Crippen molar-refractivity contribution in [3.05, 3.63) is 40.1 Å². The normalized spacial score (nSPS) is 10.1. The van der Waals surface area contributed by atoms with Gasteiger partial charge in [-0.05, 0) is 18.2 Å². The molecule has 0 saturated heterocycles. The van der Waals surface area contributed by atoms with Crippen LogP contribution in [0.3, 0.4) is 0 Å². The number of methoxy groups -OCH3 is 1. The van der Waals surface area contributed by atoms with Gasteiger partial charge in [0.1, 0.15) is 16.2 Å². The molecule has 1 heterocycles. The molecule has 0 aliphatic carbocycles. The first-order valence-electron chi connectivity index (χ1n) is 4.60. The number of hydrogen-bond acceptors (Lipinski definition) is 3. The predicted molar refractivity (Wildman–Crippen MR) is 66.4 cm³/mol. The van der Waals surface area contributed by atoms with Crippen LogP contribution in [0.25, 0.3) is 11.4 Å². The van der Waals surface area contributed by atoms with E-state index in [1.54, 1.807) is 25.4 Å². The number of nitrogens with one attached hydrogen (secondary N) is 1. The van der Waals surface area contributed by atoms with Crippen molar-refractivity contribution in [2.45, 2.75) is 0 Å². The van der Waals surface area contributed by atoms with E-state index in [9.17, 15) is 0 Å². The van der Waals surface area contributed by atoms with Gasteiger partial charge in [0.2, 0.25) is 0 Å². The lowest BCUT2D eigenvalue weighted by Gasteiger charge is -2.07. The van der Waals surface area contributed by atoms with Gasteiger partial charge in [0.05, 0.1) is 12.1 Å². The lowest BCUT2D eigenvalue weighted by atomic mass is 10.2. The summed E-state index contributed by atoms with van der Waals surface area (Å²) >= 11 is 11.2. The molecule has 0 bridgehead atoms. The zero-order chi connectivity index (χ0) is 11.5. The zero-order valence-electron chi connectivity index (χ0n) is 8.53. The first-order valence-corrected chi connectivity index (χ1v) is 5.39. The highest BCUT2D eigenvalue weighted by Crippen LogP contribution is 2.32. The predicted octanol–water partition coefficient (Wildman–Crippen LogP) is 3.47. The highest BCUT2D eigenvalue weighted by Gasteiger charge is 2.09.